The highest BCUT2D eigenvalue weighted by molar-refractivity contribution is 14.1. The van der Waals surface area contributed by atoms with Crippen molar-refractivity contribution in [2.45, 2.75) is 13.5 Å². The number of nitrogens with zero attached hydrogens (tertiary/aromatic N) is 3. The van der Waals surface area contributed by atoms with Crippen LogP contribution in [0.25, 0.3) is 0 Å². The van der Waals surface area contributed by atoms with E-state index in [0.29, 0.717) is 21.8 Å². The first-order valence-corrected chi connectivity index (χ1v) is 6.11. The maximum absolute atomic E-state index is 10.7. The third kappa shape index (κ3) is 2.94. The predicted molar refractivity (Wildman–Crippen MR) is 72.2 cm³/mol. The van der Waals surface area contributed by atoms with Crippen LogP contribution in [0.1, 0.15) is 11.7 Å². The molecule has 0 amide bonds. The standard InChI is InChI=1S/C10H9IN4O3/c1-6-13-10(18-14-6)5-12-7-2-3-9(15(16)17)8(11)4-7/h2-4,12H,5H2,1H3. The van der Waals surface area contributed by atoms with E-state index in [-0.39, 0.29) is 5.69 Å². The summed E-state index contributed by atoms with van der Waals surface area (Å²) in [4.78, 5) is 14.3. The van der Waals surface area contributed by atoms with Gasteiger partial charge in [0.1, 0.15) is 0 Å². The monoisotopic (exact) mass is 360 g/mol. The van der Waals surface area contributed by atoms with Crippen molar-refractivity contribution < 1.29 is 9.45 Å². The molecule has 18 heavy (non-hydrogen) atoms. The number of hydrogen-bond donors (Lipinski definition) is 1. The van der Waals surface area contributed by atoms with Crippen molar-refractivity contribution in [3.05, 3.63) is 43.6 Å². The van der Waals surface area contributed by atoms with Gasteiger partial charge in [-0.2, -0.15) is 4.98 Å². The lowest BCUT2D eigenvalue weighted by Gasteiger charge is -2.04. The number of anilines is 1. The van der Waals surface area contributed by atoms with Gasteiger partial charge < -0.3 is 9.84 Å². The SMILES string of the molecule is Cc1noc(CNc2ccc([N+](=O)[O-])c(I)c2)n1. The van der Waals surface area contributed by atoms with E-state index in [0.717, 1.165) is 5.69 Å². The van der Waals surface area contributed by atoms with Gasteiger partial charge in [0, 0.05) is 11.8 Å². The van der Waals surface area contributed by atoms with E-state index in [1.54, 1.807) is 19.1 Å². The second-order valence-corrected chi connectivity index (χ2v) is 4.67. The molecule has 0 atom stereocenters. The van der Waals surface area contributed by atoms with Crippen molar-refractivity contribution in [2.24, 2.45) is 0 Å². The van der Waals surface area contributed by atoms with E-state index in [4.69, 9.17) is 4.52 Å². The number of rotatable bonds is 4. The Hall–Kier alpha value is -1.71. The number of aryl methyl sites for hydroxylation is 1. The lowest BCUT2D eigenvalue weighted by molar-refractivity contribution is -0.385. The molecule has 0 radical (unpaired) electrons. The van der Waals surface area contributed by atoms with Crippen LogP contribution in [-0.2, 0) is 6.54 Å². The van der Waals surface area contributed by atoms with E-state index < -0.39 is 4.92 Å². The first-order valence-electron chi connectivity index (χ1n) is 5.03. The fraction of sp³-hybridized carbons (Fsp3) is 0.200. The van der Waals surface area contributed by atoms with Gasteiger partial charge in [-0.25, -0.2) is 0 Å². The Labute approximate surface area is 116 Å². The summed E-state index contributed by atoms with van der Waals surface area (Å²) in [5, 5.41) is 17.4. The Morgan fingerprint density at radius 3 is 2.89 bits per heavy atom. The molecule has 94 valence electrons. The normalized spacial score (nSPS) is 10.3. The molecular weight excluding hydrogens is 351 g/mol. The lowest BCUT2D eigenvalue weighted by atomic mass is 10.3. The average Bonchev–Trinajstić information content (AvgIpc) is 2.72. The van der Waals surface area contributed by atoms with E-state index in [2.05, 4.69) is 15.5 Å². The highest BCUT2D eigenvalue weighted by Gasteiger charge is 2.11. The molecule has 7 nitrogen and oxygen atoms in total. The van der Waals surface area contributed by atoms with Crippen LogP contribution in [-0.4, -0.2) is 15.1 Å². The van der Waals surface area contributed by atoms with Gasteiger partial charge in [0.15, 0.2) is 5.82 Å². The molecule has 0 aliphatic rings. The molecule has 0 unspecified atom stereocenters. The van der Waals surface area contributed by atoms with Crippen LogP contribution in [0, 0.1) is 20.6 Å². The second kappa shape index (κ2) is 5.29. The van der Waals surface area contributed by atoms with Crippen molar-refractivity contribution in [1.82, 2.24) is 10.1 Å². The van der Waals surface area contributed by atoms with Crippen LogP contribution in [0.4, 0.5) is 11.4 Å². The molecule has 0 fully saturated rings. The van der Waals surface area contributed by atoms with Gasteiger partial charge in [-0.1, -0.05) is 5.16 Å². The van der Waals surface area contributed by atoms with Gasteiger partial charge in [0.05, 0.1) is 15.0 Å². The fourth-order valence-corrected chi connectivity index (χ4v) is 2.07. The van der Waals surface area contributed by atoms with E-state index >= 15 is 0 Å². The predicted octanol–water partition coefficient (Wildman–Crippen LogP) is 2.50. The Morgan fingerprint density at radius 2 is 2.33 bits per heavy atom. The maximum atomic E-state index is 10.7. The first kappa shape index (κ1) is 12.7. The highest BCUT2D eigenvalue weighted by Crippen LogP contribution is 2.24. The van der Waals surface area contributed by atoms with Gasteiger partial charge in [-0.15, -0.1) is 0 Å². The molecule has 0 aliphatic carbocycles. The molecule has 1 aromatic heterocycles. The van der Waals surface area contributed by atoms with Gasteiger partial charge >= 0.3 is 0 Å². The molecule has 1 aromatic carbocycles. The zero-order chi connectivity index (χ0) is 13.1. The number of benzene rings is 1. The third-order valence-corrected chi connectivity index (χ3v) is 3.02. The Kier molecular flexibility index (Phi) is 3.75. The van der Waals surface area contributed by atoms with Crippen molar-refractivity contribution in [2.75, 3.05) is 5.32 Å². The summed E-state index contributed by atoms with van der Waals surface area (Å²) in [7, 11) is 0. The molecule has 8 heteroatoms. The Bertz CT molecular complexity index is 584. The van der Waals surface area contributed by atoms with Gasteiger partial charge in [-0.3, -0.25) is 10.1 Å². The molecule has 0 saturated carbocycles. The summed E-state index contributed by atoms with van der Waals surface area (Å²) < 4.78 is 5.52. The summed E-state index contributed by atoms with van der Waals surface area (Å²) >= 11 is 1.93. The number of aromatic nitrogens is 2. The average molecular weight is 360 g/mol. The smallest absolute Gasteiger partial charge is 0.282 e. The summed E-state index contributed by atoms with van der Waals surface area (Å²) in [6.45, 7) is 2.12. The van der Waals surface area contributed by atoms with E-state index in [1.807, 2.05) is 22.6 Å². The number of hydrogen-bond acceptors (Lipinski definition) is 6. The molecule has 0 saturated heterocycles. The minimum absolute atomic E-state index is 0.0924. The minimum Gasteiger partial charge on any atom is -0.376 e. The van der Waals surface area contributed by atoms with Crippen LogP contribution < -0.4 is 5.32 Å². The summed E-state index contributed by atoms with van der Waals surface area (Å²) in [6, 6.07) is 4.80. The van der Waals surface area contributed by atoms with Crippen LogP contribution in [0.2, 0.25) is 0 Å². The van der Waals surface area contributed by atoms with Crippen LogP contribution in [0.5, 0.6) is 0 Å². The first-order chi connectivity index (χ1) is 8.56. The Balaban J connectivity index is 2.06. The molecule has 0 spiro atoms. The van der Waals surface area contributed by atoms with Crippen LogP contribution in [0.15, 0.2) is 22.7 Å². The van der Waals surface area contributed by atoms with Crippen molar-refractivity contribution in [3.63, 3.8) is 0 Å². The summed E-state index contributed by atoms with van der Waals surface area (Å²) in [5.74, 6) is 1.05. The van der Waals surface area contributed by atoms with Crippen molar-refractivity contribution >= 4 is 34.0 Å². The molecule has 0 aliphatic heterocycles. The molecule has 1 heterocycles. The number of nitro groups is 1. The number of halogens is 1. The zero-order valence-electron chi connectivity index (χ0n) is 9.38. The van der Waals surface area contributed by atoms with Crippen LogP contribution >= 0.6 is 22.6 Å². The van der Waals surface area contributed by atoms with E-state index in [1.165, 1.54) is 6.07 Å². The second-order valence-electron chi connectivity index (χ2n) is 3.51. The molecule has 2 rings (SSSR count). The maximum Gasteiger partial charge on any atom is 0.282 e. The largest absolute Gasteiger partial charge is 0.376 e. The minimum atomic E-state index is -0.410. The highest BCUT2D eigenvalue weighted by atomic mass is 127. The molecule has 1 N–H and O–H groups in total. The van der Waals surface area contributed by atoms with Gasteiger partial charge in [0.2, 0.25) is 5.89 Å². The molecule has 0 bridgehead atoms. The zero-order valence-corrected chi connectivity index (χ0v) is 11.5. The number of nitrogens with one attached hydrogen (secondary N) is 1. The van der Waals surface area contributed by atoms with Crippen molar-refractivity contribution in [3.8, 4) is 0 Å². The van der Waals surface area contributed by atoms with E-state index in [9.17, 15) is 10.1 Å². The third-order valence-electron chi connectivity index (χ3n) is 2.16. The molecule has 2 aromatic rings. The van der Waals surface area contributed by atoms with Gasteiger partial charge in [0.25, 0.3) is 5.69 Å². The van der Waals surface area contributed by atoms with Gasteiger partial charge in [-0.05, 0) is 41.6 Å². The summed E-state index contributed by atoms with van der Waals surface area (Å²) in [6.07, 6.45) is 0. The van der Waals surface area contributed by atoms with Crippen LogP contribution in [0.3, 0.4) is 0 Å². The lowest BCUT2D eigenvalue weighted by Crippen LogP contribution is -2.01. The number of nitro benzene ring substituents is 1. The topological polar surface area (TPSA) is 94.1 Å². The Morgan fingerprint density at radius 1 is 1.56 bits per heavy atom. The fourth-order valence-electron chi connectivity index (χ4n) is 1.35. The molecular formula is C10H9IN4O3. The quantitative estimate of drug-likeness (QED) is 0.512. The summed E-state index contributed by atoms with van der Waals surface area (Å²) in [5.41, 5.74) is 0.857. The van der Waals surface area contributed by atoms with Crippen molar-refractivity contribution in [1.29, 1.82) is 0 Å².